The minimum atomic E-state index is -1.77. The molecule has 10 heteroatoms. The Balaban J connectivity index is 2.23. The summed E-state index contributed by atoms with van der Waals surface area (Å²) >= 11 is 32.1. The zero-order chi connectivity index (χ0) is 25.1. The Morgan fingerprint density at radius 2 is 1.59 bits per heavy atom. The number of ether oxygens (including phenoxy) is 2. The molecule has 178 valence electrons. The number of hydrogen-bond acceptors (Lipinski definition) is 5. The van der Waals surface area contributed by atoms with E-state index in [9.17, 15) is 9.90 Å². The lowest BCUT2D eigenvalue weighted by molar-refractivity contribution is 0.0239. The summed E-state index contributed by atoms with van der Waals surface area (Å²) in [6.07, 6.45) is 0. The highest BCUT2D eigenvalue weighted by molar-refractivity contribution is 6.53. The third kappa shape index (κ3) is 3.57. The molecule has 4 rings (SSSR count). The van der Waals surface area contributed by atoms with Gasteiger partial charge in [0.1, 0.15) is 11.5 Å². The number of aromatic hydroxyl groups is 1. The van der Waals surface area contributed by atoms with Crippen molar-refractivity contribution < 1.29 is 19.4 Å². The zero-order valence-corrected chi connectivity index (χ0v) is 22.2. The normalized spacial score (nSPS) is 16.9. The van der Waals surface area contributed by atoms with E-state index in [-0.39, 0.29) is 42.5 Å². The molecule has 3 aromatic rings. The molecule has 0 bridgehead atoms. The summed E-state index contributed by atoms with van der Waals surface area (Å²) in [6.45, 7) is 1.76. The lowest BCUT2D eigenvalue weighted by Gasteiger charge is -2.33. The summed E-state index contributed by atoms with van der Waals surface area (Å²) in [4.78, 5) is 15.2. The number of phenols is 1. The fraction of sp³-hybridized carbons (Fsp3) is 0.208. The maximum Gasteiger partial charge on any atom is 0.341 e. The second kappa shape index (κ2) is 8.89. The first-order chi connectivity index (χ1) is 15.9. The molecule has 5 nitrogen and oxygen atoms in total. The maximum atomic E-state index is 13.3. The molecular formula is C24H18Cl5NO4. The quantitative estimate of drug-likeness (QED) is 0.203. The van der Waals surface area contributed by atoms with Crippen LogP contribution in [0, 0.1) is 6.92 Å². The Bertz CT molecular complexity index is 1360. The van der Waals surface area contributed by atoms with Gasteiger partial charge in [0.2, 0.25) is 0 Å². The highest BCUT2D eigenvalue weighted by atomic mass is 35.5. The highest BCUT2D eigenvalue weighted by Gasteiger charge is 2.55. The minimum Gasteiger partial charge on any atom is -0.507 e. The molecule has 0 aromatic heterocycles. The molecule has 1 atom stereocenters. The Kier molecular flexibility index (Phi) is 6.56. The fourth-order valence-corrected chi connectivity index (χ4v) is 5.34. The summed E-state index contributed by atoms with van der Waals surface area (Å²) in [6, 6.07) is 8.31. The van der Waals surface area contributed by atoms with Crippen LogP contribution >= 0.6 is 58.0 Å². The van der Waals surface area contributed by atoms with Crippen molar-refractivity contribution in [1.29, 1.82) is 0 Å². The Hall–Kier alpha value is -2.02. The first kappa shape index (κ1) is 25.1. The number of carbonyl (C=O) groups is 1. The number of benzene rings is 3. The molecule has 1 N–H and O–H groups in total. The van der Waals surface area contributed by atoms with Gasteiger partial charge in [0.05, 0.1) is 32.8 Å². The first-order valence-electron chi connectivity index (χ1n) is 9.90. The average Bonchev–Trinajstić information content (AvgIpc) is 3.11. The maximum absolute atomic E-state index is 13.3. The summed E-state index contributed by atoms with van der Waals surface area (Å²) < 4.78 is 11.8. The molecule has 0 amide bonds. The monoisotopic (exact) mass is 559 g/mol. The van der Waals surface area contributed by atoms with E-state index in [1.807, 2.05) is 25.1 Å². The van der Waals surface area contributed by atoms with Crippen LogP contribution in [0.5, 0.6) is 11.5 Å². The third-order valence-electron chi connectivity index (χ3n) is 5.81. The van der Waals surface area contributed by atoms with Gasteiger partial charge >= 0.3 is 5.97 Å². The van der Waals surface area contributed by atoms with E-state index in [0.29, 0.717) is 21.9 Å². The number of carbonyl (C=O) groups excluding carboxylic acids is 1. The van der Waals surface area contributed by atoms with Crippen molar-refractivity contribution in [3.8, 4) is 11.5 Å². The number of halogens is 5. The summed E-state index contributed by atoms with van der Waals surface area (Å²) in [5.41, 5.74) is 0.379. The summed E-state index contributed by atoms with van der Waals surface area (Å²) in [5.74, 6) is -0.642. The van der Waals surface area contributed by atoms with Gasteiger partial charge in [-0.3, -0.25) is 0 Å². The van der Waals surface area contributed by atoms with Gasteiger partial charge in [0, 0.05) is 47.6 Å². The van der Waals surface area contributed by atoms with Gasteiger partial charge in [-0.1, -0.05) is 58.0 Å². The van der Waals surface area contributed by atoms with Crippen LogP contribution < -0.4 is 9.64 Å². The number of cyclic esters (lactones) is 1. The van der Waals surface area contributed by atoms with Crippen molar-refractivity contribution in [1.82, 2.24) is 0 Å². The second-order valence-electron chi connectivity index (χ2n) is 7.97. The van der Waals surface area contributed by atoms with Gasteiger partial charge in [0.25, 0.3) is 0 Å². The first-order valence-corrected chi connectivity index (χ1v) is 11.8. The van der Waals surface area contributed by atoms with E-state index in [0.717, 1.165) is 5.69 Å². The van der Waals surface area contributed by atoms with Crippen molar-refractivity contribution in [3.63, 3.8) is 0 Å². The van der Waals surface area contributed by atoms with E-state index < -0.39 is 11.6 Å². The number of nitrogens with zero attached hydrogens (tertiary/aromatic N) is 1. The summed E-state index contributed by atoms with van der Waals surface area (Å²) in [5, 5.41) is 11.1. The Morgan fingerprint density at radius 1 is 0.941 bits per heavy atom. The lowest BCUT2D eigenvalue weighted by Crippen LogP contribution is -2.31. The van der Waals surface area contributed by atoms with Gasteiger partial charge in [-0.05, 0) is 36.8 Å². The molecule has 1 unspecified atom stereocenters. The number of fused-ring (bicyclic) bond motifs is 1. The van der Waals surface area contributed by atoms with Gasteiger partial charge in [-0.2, -0.15) is 0 Å². The predicted molar refractivity (Wildman–Crippen MR) is 137 cm³/mol. The fourth-order valence-electron chi connectivity index (χ4n) is 4.12. The van der Waals surface area contributed by atoms with E-state index >= 15 is 0 Å². The number of esters is 1. The number of methoxy groups -OCH3 is 1. The Labute approximate surface area is 221 Å². The third-order valence-corrected chi connectivity index (χ3v) is 8.02. The van der Waals surface area contributed by atoms with E-state index in [2.05, 4.69) is 0 Å². The van der Waals surface area contributed by atoms with Crippen LogP contribution in [0.1, 0.15) is 32.6 Å². The van der Waals surface area contributed by atoms with Crippen LogP contribution in [-0.4, -0.2) is 32.3 Å². The van der Waals surface area contributed by atoms with Crippen LogP contribution in [0.25, 0.3) is 0 Å². The molecule has 34 heavy (non-hydrogen) atoms. The topological polar surface area (TPSA) is 59.0 Å². The van der Waals surface area contributed by atoms with Gasteiger partial charge < -0.3 is 19.5 Å². The average molecular weight is 562 g/mol. The molecular weight excluding hydrogens is 544 g/mol. The van der Waals surface area contributed by atoms with Crippen LogP contribution in [0.2, 0.25) is 25.1 Å². The molecule has 1 aliphatic rings. The van der Waals surface area contributed by atoms with E-state index in [1.54, 1.807) is 25.1 Å². The van der Waals surface area contributed by atoms with Crippen LogP contribution in [0.3, 0.4) is 0 Å². The molecule has 0 radical (unpaired) electrons. The molecule has 0 spiro atoms. The van der Waals surface area contributed by atoms with Crippen LogP contribution in [0.15, 0.2) is 30.3 Å². The number of hydrogen-bond donors (Lipinski definition) is 1. The molecule has 1 aliphatic heterocycles. The van der Waals surface area contributed by atoms with Crippen molar-refractivity contribution in [2.45, 2.75) is 12.5 Å². The number of anilines is 1. The molecule has 0 fully saturated rings. The van der Waals surface area contributed by atoms with Crippen LogP contribution in [0.4, 0.5) is 5.69 Å². The molecule has 0 saturated heterocycles. The molecule has 1 heterocycles. The predicted octanol–water partition coefficient (Wildman–Crippen LogP) is 7.50. The number of aryl methyl sites for hydroxylation is 1. The molecule has 0 aliphatic carbocycles. The minimum absolute atomic E-state index is 0.0392. The molecule has 0 saturated carbocycles. The van der Waals surface area contributed by atoms with Crippen molar-refractivity contribution in [3.05, 3.63) is 83.3 Å². The highest BCUT2D eigenvalue weighted by Crippen LogP contribution is 2.58. The van der Waals surface area contributed by atoms with Gasteiger partial charge in [0.15, 0.2) is 5.60 Å². The smallest absolute Gasteiger partial charge is 0.341 e. The van der Waals surface area contributed by atoms with Crippen molar-refractivity contribution in [2.24, 2.45) is 0 Å². The SMILES string of the molecule is COc1cc(N(C)C)ccc1C1(c2cc(C)c(Cl)cc2O)OC(=O)c2c(Cl)c(Cl)c(Cl)c(Cl)c21. The second-order valence-corrected chi connectivity index (χ2v) is 9.89. The zero-order valence-electron chi connectivity index (χ0n) is 18.4. The van der Waals surface area contributed by atoms with Crippen molar-refractivity contribution in [2.75, 3.05) is 26.1 Å². The summed E-state index contributed by atoms with van der Waals surface area (Å²) in [7, 11) is 5.24. The lowest BCUT2D eigenvalue weighted by atomic mass is 9.78. The van der Waals surface area contributed by atoms with Gasteiger partial charge in [-0.25, -0.2) is 4.79 Å². The van der Waals surface area contributed by atoms with Crippen LogP contribution in [-0.2, 0) is 10.3 Å². The van der Waals surface area contributed by atoms with E-state index in [1.165, 1.54) is 13.2 Å². The largest absolute Gasteiger partial charge is 0.507 e. The molecule has 3 aromatic carbocycles. The van der Waals surface area contributed by atoms with Gasteiger partial charge in [-0.15, -0.1) is 0 Å². The number of rotatable bonds is 4. The standard InChI is InChI=1S/C24H18Cl5NO4/c1-10-7-13(15(31)9-14(10)25)24(12-6-5-11(30(2)3)8-16(12)33-4)18-17(23(32)34-24)19(26)21(28)22(29)20(18)27/h5-9,31H,1-4H3. The van der Waals surface area contributed by atoms with E-state index in [4.69, 9.17) is 67.5 Å². The number of phenolic OH excluding ortho intramolecular Hbond substituents is 1. The Morgan fingerprint density at radius 3 is 2.21 bits per heavy atom. The van der Waals surface area contributed by atoms with Crippen molar-refractivity contribution >= 4 is 69.7 Å².